The van der Waals surface area contributed by atoms with E-state index >= 15 is 0 Å². The second-order valence-corrected chi connectivity index (χ2v) is 4.52. The highest BCUT2D eigenvalue weighted by Gasteiger charge is 2.17. The zero-order valence-corrected chi connectivity index (χ0v) is 11.4. The molecule has 112 valence electrons. The number of rotatable bonds is 5. The summed E-state index contributed by atoms with van der Waals surface area (Å²) in [6, 6.07) is 2.58. The zero-order chi connectivity index (χ0) is 15.4. The minimum atomic E-state index is -0.713. The van der Waals surface area contributed by atoms with Gasteiger partial charge in [0.2, 0.25) is 0 Å². The molecule has 6 nitrogen and oxygen atoms in total. The number of aromatic nitrogens is 3. The van der Waals surface area contributed by atoms with Gasteiger partial charge in [-0.1, -0.05) is 11.3 Å². The standard InChI is InChI=1S/C13H15F2N5O/c1-8(10-3-2-9(14)6-11(10)15)17-13(21)12-7-20(5-4-16)19-18-12/h2-3,6-8H,4-5,16H2,1H3,(H,17,21). The van der Waals surface area contributed by atoms with Crippen molar-refractivity contribution < 1.29 is 13.6 Å². The Hall–Kier alpha value is -2.35. The van der Waals surface area contributed by atoms with Crippen LogP contribution in [0.2, 0.25) is 0 Å². The first-order valence-electron chi connectivity index (χ1n) is 6.37. The summed E-state index contributed by atoms with van der Waals surface area (Å²) >= 11 is 0. The minimum absolute atomic E-state index is 0.109. The van der Waals surface area contributed by atoms with E-state index in [-0.39, 0.29) is 11.3 Å². The van der Waals surface area contributed by atoms with Crippen molar-refractivity contribution in [3.05, 3.63) is 47.3 Å². The van der Waals surface area contributed by atoms with Crippen molar-refractivity contribution in [2.45, 2.75) is 19.5 Å². The summed E-state index contributed by atoms with van der Waals surface area (Å²) in [7, 11) is 0. The number of halogens is 2. The Bertz CT molecular complexity index is 643. The van der Waals surface area contributed by atoms with Gasteiger partial charge in [0.25, 0.3) is 5.91 Å². The summed E-state index contributed by atoms with van der Waals surface area (Å²) in [4.78, 5) is 12.0. The lowest BCUT2D eigenvalue weighted by atomic mass is 10.1. The quantitative estimate of drug-likeness (QED) is 0.862. The second-order valence-electron chi connectivity index (χ2n) is 4.52. The van der Waals surface area contributed by atoms with Gasteiger partial charge in [0.05, 0.1) is 18.8 Å². The number of carbonyl (C=O) groups excluding carboxylic acids is 1. The Labute approximate surface area is 119 Å². The predicted molar refractivity (Wildman–Crippen MR) is 71.3 cm³/mol. The average molecular weight is 295 g/mol. The molecule has 3 N–H and O–H groups in total. The number of carbonyl (C=O) groups is 1. The van der Waals surface area contributed by atoms with Gasteiger partial charge in [-0.2, -0.15) is 0 Å². The van der Waals surface area contributed by atoms with E-state index in [1.807, 2.05) is 0 Å². The third-order valence-corrected chi connectivity index (χ3v) is 2.91. The summed E-state index contributed by atoms with van der Waals surface area (Å²) in [5.41, 5.74) is 5.67. The van der Waals surface area contributed by atoms with E-state index in [0.29, 0.717) is 13.1 Å². The third-order valence-electron chi connectivity index (χ3n) is 2.91. The molecule has 2 aromatic rings. The molecule has 0 bridgehead atoms. The van der Waals surface area contributed by atoms with Crippen molar-refractivity contribution in [2.24, 2.45) is 5.73 Å². The van der Waals surface area contributed by atoms with Crippen molar-refractivity contribution >= 4 is 5.91 Å². The fraction of sp³-hybridized carbons (Fsp3) is 0.308. The lowest BCUT2D eigenvalue weighted by molar-refractivity contribution is 0.0934. The number of nitrogens with one attached hydrogen (secondary N) is 1. The van der Waals surface area contributed by atoms with Crippen LogP contribution in [0, 0.1) is 11.6 Å². The van der Waals surface area contributed by atoms with Gasteiger partial charge in [-0.15, -0.1) is 5.10 Å². The van der Waals surface area contributed by atoms with Gasteiger partial charge in [0, 0.05) is 18.2 Å². The molecule has 0 saturated carbocycles. The van der Waals surface area contributed by atoms with E-state index < -0.39 is 23.6 Å². The fourth-order valence-corrected chi connectivity index (χ4v) is 1.85. The summed E-state index contributed by atoms with van der Waals surface area (Å²) in [6.45, 7) is 2.42. The normalized spacial score (nSPS) is 12.2. The van der Waals surface area contributed by atoms with Crippen molar-refractivity contribution in [3.63, 3.8) is 0 Å². The van der Waals surface area contributed by atoms with Crippen molar-refractivity contribution in [1.29, 1.82) is 0 Å². The average Bonchev–Trinajstić information content (AvgIpc) is 2.87. The Morgan fingerprint density at radius 1 is 1.48 bits per heavy atom. The van der Waals surface area contributed by atoms with E-state index in [1.165, 1.54) is 16.9 Å². The monoisotopic (exact) mass is 295 g/mol. The van der Waals surface area contributed by atoms with E-state index in [1.54, 1.807) is 6.92 Å². The molecule has 1 unspecified atom stereocenters. The zero-order valence-electron chi connectivity index (χ0n) is 11.4. The Morgan fingerprint density at radius 3 is 2.90 bits per heavy atom. The number of hydrogen-bond donors (Lipinski definition) is 2. The van der Waals surface area contributed by atoms with Crippen molar-refractivity contribution in [3.8, 4) is 0 Å². The number of hydrogen-bond acceptors (Lipinski definition) is 4. The summed E-state index contributed by atoms with van der Waals surface area (Å²) in [5.74, 6) is -1.87. The van der Waals surface area contributed by atoms with Crippen LogP contribution in [0.15, 0.2) is 24.4 Å². The van der Waals surface area contributed by atoms with Crippen LogP contribution in [-0.2, 0) is 6.54 Å². The molecule has 1 heterocycles. The topological polar surface area (TPSA) is 85.8 Å². The molecule has 1 aromatic carbocycles. The van der Waals surface area contributed by atoms with Crippen molar-refractivity contribution in [1.82, 2.24) is 20.3 Å². The van der Waals surface area contributed by atoms with Crippen LogP contribution in [0.3, 0.4) is 0 Å². The molecule has 1 aromatic heterocycles. The lowest BCUT2D eigenvalue weighted by Crippen LogP contribution is -2.27. The van der Waals surface area contributed by atoms with Gasteiger partial charge in [0.1, 0.15) is 11.6 Å². The minimum Gasteiger partial charge on any atom is -0.344 e. The summed E-state index contributed by atoms with van der Waals surface area (Å²) in [5, 5.41) is 10.0. The molecule has 0 spiro atoms. The fourth-order valence-electron chi connectivity index (χ4n) is 1.85. The summed E-state index contributed by atoms with van der Waals surface area (Å²) < 4.78 is 27.9. The molecular weight excluding hydrogens is 280 g/mol. The first kappa shape index (κ1) is 15.0. The molecule has 1 amide bonds. The third kappa shape index (κ3) is 3.60. The van der Waals surface area contributed by atoms with Crippen LogP contribution < -0.4 is 11.1 Å². The van der Waals surface area contributed by atoms with E-state index in [4.69, 9.17) is 5.73 Å². The highest BCUT2D eigenvalue weighted by molar-refractivity contribution is 5.92. The number of nitrogens with two attached hydrogens (primary N) is 1. The molecule has 0 aliphatic carbocycles. The Balaban J connectivity index is 2.07. The maximum atomic E-state index is 13.6. The molecule has 21 heavy (non-hydrogen) atoms. The molecule has 0 aliphatic rings. The van der Waals surface area contributed by atoms with Gasteiger partial charge in [-0.25, -0.2) is 8.78 Å². The lowest BCUT2D eigenvalue weighted by Gasteiger charge is -2.14. The Morgan fingerprint density at radius 2 is 2.24 bits per heavy atom. The van der Waals surface area contributed by atoms with Crippen molar-refractivity contribution in [2.75, 3.05) is 6.54 Å². The van der Waals surface area contributed by atoms with Gasteiger partial charge in [0.15, 0.2) is 5.69 Å². The Kier molecular flexibility index (Phi) is 4.59. The van der Waals surface area contributed by atoms with Crippen LogP contribution >= 0.6 is 0 Å². The van der Waals surface area contributed by atoms with Gasteiger partial charge in [-0.05, 0) is 13.0 Å². The largest absolute Gasteiger partial charge is 0.344 e. The van der Waals surface area contributed by atoms with E-state index in [2.05, 4.69) is 15.6 Å². The van der Waals surface area contributed by atoms with Crippen LogP contribution in [0.4, 0.5) is 8.78 Å². The maximum Gasteiger partial charge on any atom is 0.273 e. The van der Waals surface area contributed by atoms with E-state index in [0.717, 1.165) is 12.1 Å². The van der Waals surface area contributed by atoms with E-state index in [9.17, 15) is 13.6 Å². The van der Waals surface area contributed by atoms with Crippen LogP contribution in [0.1, 0.15) is 29.0 Å². The second kappa shape index (κ2) is 6.40. The smallest absolute Gasteiger partial charge is 0.273 e. The molecule has 0 aliphatic heterocycles. The first-order chi connectivity index (χ1) is 10.0. The predicted octanol–water partition coefficient (Wildman–Crippen LogP) is 1.01. The highest BCUT2D eigenvalue weighted by Crippen LogP contribution is 2.17. The molecule has 0 radical (unpaired) electrons. The van der Waals surface area contributed by atoms with Gasteiger partial charge < -0.3 is 11.1 Å². The van der Waals surface area contributed by atoms with Gasteiger partial charge >= 0.3 is 0 Å². The molecule has 8 heteroatoms. The van der Waals surface area contributed by atoms with Crippen LogP contribution in [-0.4, -0.2) is 27.4 Å². The molecule has 0 fully saturated rings. The SMILES string of the molecule is CC(NC(=O)c1cn(CCN)nn1)c1ccc(F)cc1F. The first-order valence-corrected chi connectivity index (χ1v) is 6.37. The van der Waals surface area contributed by atoms with Crippen LogP contribution in [0.5, 0.6) is 0 Å². The highest BCUT2D eigenvalue weighted by atomic mass is 19.1. The molecule has 1 atom stereocenters. The van der Waals surface area contributed by atoms with Crippen LogP contribution in [0.25, 0.3) is 0 Å². The number of nitrogens with zero attached hydrogens (tertiary/aromatic N) is 3. The number of amides is 1. The number of benzene rings is 1. The maximum absolute atomic E-state index is 13.6. The molecular formula is C13H15F2N5O. The summed E-state index contributed by atoms with van der Waals surface area (Å²) in [6.07, 6.45) is 1.45. The molecule has 0 saturated heterocycles. The molecule has 2 rings (SSSR count). The van der Waals surface area contributed by atoms with Gasteiger partial charge in [-0.3, -0.25) is 9.48 Å².